The predicted octanol–water partition coefficient (Wildman–Crippen LogP) is 3.05. The highest BCUT2D eigenvalue weighted by atomic mass is 35.5. The van der Waals surface area contributed by atoms with Crippen LogP contribution in [0, 0.1) is 10.1 Å². The molecule has 1 unspecified atom stereocenters. The minimum atomic E-state index is -1.08. The second-order valence-electron chi connectivity index (χ2n) is 7.37. The van der Waals surface area contributed by atoms with Crippen molar-refractivity contribution in [2.45, 2.75) is 25.3 Å². The molecule has 0 saturated heterocycles. The Kier molecular flexibility index (Phi) is 8.58. The number of halogens is 1. The minimum absolute atomic E-state index is 0.0106. The van der Waals surface area contributed by atoms with Crippen molar-refractivity contribution in [2.24, 2.45) is 0 Å². The van der Waals surface area contributed by atoms with E-state index in [1.54, 1.807) is 36.4 Å². The van der Waals surface area contributed by atoms with E-state index in [2.05, 4.69) is 15.1 Å². The van der Waals surface area contributed by atoms with E-state index in [1.165, 1.54) is 18.2 Å². The Morgan fingerprint density at radius 1 is 1.09 bits per heavy atom. The summed E-state index contributed by atoms with van der Waals surface area (Å²) in [6, 6.07) is 13.6. The number of carbonyl (C=O) groups is 2. The molecule has 0 aliphatic rings. The summed E-state index contributed by atoms with van der Waals surface area (Å²) in [4.78, 5) is 54.9. The summed E-state index contributed by atoms with van der Waals surface area (Å²) in [5, 5.41) is 13.2. The Morgan fingerprint density at radius 3 is 2.53 bits per heavy atom. The average molecular weight is 488 g/mol. The van der Waals surface area contributed by atoms with E-state index in [0.29, 0.717) is 34.5 Å². The van der Waals surface area contributed by atoms with Crippen molar-refractivity contribution < 1.29 is 24.3 Å². The Labute approximate surface area is 198 Å². The first-order chi connectivity index (χ1) is 16.3. The minimum Gasteiger partial charge on any atom is -0.464 e. The van der Waals surface area contributed by atoms with E-state index < -0.39 is 23.0 Å². The number of aromatic amines is 1. The number of nitrogens with one attached hydrogen (secondary N) is 2. The molecule has 1 aromatic heterocycles. The molecule has 34 heavy (non-hydrogen) atoms. The van der Waals surface area contributed by atoms with Gasteiger partial charge in [0.15, 0.2) is 0 Å². The lowest BCUT2D eigenvalue weighted by Gasteiger charge is -2.19. The lowest BCUT2D eigenvalue weighted by Crippen LogP contribution is -2.43. The maximum atomic E-state index is 12.8. The number of aromatic nitrogens is 1. The largest absolute Gasteiger partial charge is 0.464 e. The number of para-hydroxylation sites is 1. The van der Waals surface area contributed by atoms with Gasteiger partial charge in [-0.1, -0.05) is 29.8 Å². The third-order valence-electron chi connectivity index (χ3n) is 4.94. The Morgan fingerprint density at radius 2 is 1.79 bits per heavy atom. The van der Waals surface area contributed by atoms with Crippen LogP contribution in [0.25, 0.3) is 10.9 Å². The SMILES string of the molecule is O=C(NC(Cc1cc(=O)[nH]c2ccccc12)C(=O)OCCCCO[N+](=O)[O-])c1ccc(Cl)cc1. The van der Waals surface area contributed by atoms with Crippen molar-refractivity contribution in [3.05, 3.63) is 91.2 Å². The van der Waals surface area contributed by atoms with E-state index >= 15 is 0 Å². The van der Waals surface area contributed by atoms with Crippen molar-refractivity contribution >= 4 is 34.4 Å². The number of hydrogen-bond acceptors (Lipinski definition) is 7. The molecule has 0 saturated carbocycles. The molecule has 0 fully saturated rings. The third kappa shape index (κ3) is 7.04. The van der Waals surface area contributed by atoms with Gasteiger partial charge in [0.2, 0.25) is 5.56 Å². The predicted molar refractivity (Wildman–Crippen MR) is 124 cm³/mol. The number of rotatable bonds is 11. The molecule has 3 rings (SSSR count). The molecule has 1 amide bonds. The lowest BCUT2D eigenvalue weighted by atomic mass is 10.0. The summed E-state index contributed by atoms with van der Waals surface area (Å²) in [6.45, 7) is -0.122. The first-order valence-electron chi connectivity index (χ1n) is 10.4. The molecule has 178 valence electrons. The molecule has 1 atom stereocenters. The molecule has 2 aromatic carbocycles. The number of amides is 1. The molecule has 0 spiro atoms. The van der Waals surface area contributed by atoms with E-state index in [9.17, 15) is 24.5 Å². The first-order valence-corrected chi connectivity index (χ1v) is 10.8. The van der Waals surface area contributed by atoms with Crippen molar-refractivity contribution in [2.75, 3.05) is 13.2 Å². The quantitative estimate of drug-likeness (QED) is 0.183. The summed E-state index contributed by atoms with van der Waals surface area (Å²) in [7, 11) is 0. The molecule has 10 nitrogen and oxygen atoms in total. The monoisotopic (exact) mass is 487 g/mol. The summed E-state index contributed by atoms with van der Waals surface area (Å²) < 4.78 is 5.30. The van der Waals surface area contributed by atoms with Crippen LogP contribution in [0.2, 0.25) is 5.02 Å². The van der Waals surface area contributed by atoms with Crippen LogP contribution >= 0.6 is 11.6 Å². The van der Waals surface area contributed by atoms with Gasteiger partial charge in [0.1, 0.15) is 6.04 Å². The summed E-state index contributed by atoms with van der Waals surface area (Å²) >= 11 is 5.88. The van der Waals surface area contributed by atoms with Crippen LogP contribution in [0.1, 0.15) is 28.8 Å². The van der Waals surface area contributed by atoms with E-state index in [4.69, 9.17) is 16.3 Å². The van der Waals surface area contributed by atoms with Crippen LogP contribution in [0.3, 0.4) is 0 Å². The number of pyridine rings is 1. The van der Waals surface area contributed by atoms with Crippen molar-refractivity contribution in [1.29, 1.82) is 0 Å². The summed E-state index contributed by atoms with van der Waals surface area (Å²) in [5.74, 6) is -1.20. The summed E-state index contributed by atoms with van der Waals surface area (Å²) in [6.07, 6.45) is 0.674. The van der Waals surface area contributed by atoms with E-state index in [0.717, 1.165) is 5.39 Å². The van der Waals surface area contributed by atoms with Gasteiger partial charge in [-0.2, -0.15) is 0 Å². The Bertz CT molecular complexity index is 1230. The number of hydrogen-bond donors (Lipinski definition) is 2. The van der Waals surface area contributed by atoms with Gasteiger partial charge in [-0.25, -0.2) is 4.79 Å². The molecule has 0 bridgehead atoms. The fourth-order valence-corrected chi connectivity index (χ4v) is 3.44. The molecule has 1 heterocycles. The van der Waals surface area contributed by atoms with Gasteiger partial charge in [-0.05, 0) is 48.7 Å². The van der Waals surface area contributed by atoms with Gasteiger partial charge in [-0.3, -0.25) is 9.59 Å². The van der Waals surface area contributed by atoms with Crippen LogP contribution in [0.15, 0.2) is 59.4 Å². The van der Waals surface area contributed by atoms with Crippen LogP contribution < -0.4 is 10.9 Å². The van der Waals surface area contributed by atoms with Crippen molar-refractivity contribution in [1.82, 2.24) is 10.3 Å². The highest BCUT2D eigenvalue weighted by Crippen LogP contribution is 2.17. The number of fused-ring (bicyclic) bond motifs is 1. The maximum absolute atomic E-state index is 12.8. The molecular formula is C23H22ClN3O7. The van der Waals surface area contributed by atoms with Gasteiger partial charge < -0.3 is 19.9 Å². The van der Waals surface area contributed by atoms with Gasteiger partial charge in [0, 0.05) is 34.0 Å². The zero-order valence-corrected chi connectivity index (χ0v) is 18.7. The number of H-pyrrole nitrogens is 1. The normalized spacial score (nSPS) is 11.6. The van der Waals surface area contributed by atoms with E-state index in [-0.39, 0.29) is 25.2 Å². The van der Waals surface area contributed by atoms with Crippen LogP contribution in [0.5, 0.6) is 0 Å². The summed E-state index contributed by atoms with van der Waals surface area (Å²) in [5.41, 5.74) is 1.13. The van der Waals surface area contributed by atoms with Crippen molar-refractivity contribution in [3.63, 3.8) is 0 Å². The zero-order chi connectivity index (χ0) is 24.5. The Balaban J connectivity index is 1.75. The Hall–Kier alpha value is -3.92. The zero-order valence-electron chi connectivity index (χ0n) is 18.0. The molecule has 11 heteroatoms. The second-order valence-corrected chi connectivity index (χ2v) is 7.81. The van der Waals surface area contributed by atoms with Crippen LogP contribution in [0.4, 0.5) is 0 Å². The molecule has 3 aromatic rings. The number of unbranched alkanes of at least 4 members (excludes halogenated alkanes) is 1. The fourth-order valence-electron chi connectivity index (χ4n) is 3.32. The number of carbonyl (C=O) groups excluding carboxylic acids is 2. The molecule has 0 aliphatic carbocycles. The van der Waals surface area contributed by atoms with Gasteiger partial charge >= 0.3 is 5.97 Å². The van der Waals surface area contributed by atoms with E-state index in [1.807, 2.05) is 0 Å². The number of ether oxygens (including phenoxy) is 1. The lowest BCUT2D eigenvalue weighted by molar-refractivity contribution is -0.757. The highest BCUT2D eigenvalue weighted by Gasteiger charge is 2.24. The van der Waals surface area contributed by atoms with Crippen molar-refractivity contribution in [3.8, 4) is 0 Å². The standard InChI is InChI=1S/C23H22ClN3O7/c24-17-9-7-15(8-10-17)22(29)26-20(23(30)33-11-3-4-12-34-27(31)32)13-16-14-21(28)25-19-6-2-1-5-18(16)19/h1-2,5-10,14,20H,3-4,11-13H2,(H,25,28)(H,26,29). The fraction of sp³-hybridized carbons (Fsp3) is 0.261. The number of benzene rings is 2. The number of nitrogens with zero attached hydrogens (tertiary/aromatic N) is 1. The second kappa shape index (κ2) is 11.8. The number of esters is 1. The van der Waals surface area contributed by atoms with Crippen LogP contribution in [-0.2, 0) is 20.8 Å². The molecular weight excluding hydrogens is 466 g/mol. The maximum Gasteiger partial charge on any atom is 0.328 e. The van der Waals surface area contributed by atoms with Gasteiger partial charge in [0.05, 0.1) is 13.2 Å². The molecule has 2 N–H and O–H groups in total. The molecule has 0 radical (unpaired) electrons. The van der Waals surface area contributed by atoms with Gasteiger partial charge in [0.25, 0.3) is 11.0 Å². The smallest absolute Gasteiger partial charge is 0.328 e. The topological polar surface area (TPSA) is 141 Å². The van der Waals surface area contributed by atoms with Crippen LogP contribution in [-0.4, -0.2) is 41.2 Å². The molecule has 0 aliphatic heterocycles. The highest BCUT2D eigenvalue weighted by molar-refractivity contribution is 6.30. The van der Waals surface area contributed by atoms with Gasteiger partial charge in [-0.15, -0.1) is 10.1 Å². The first kappa shape index (κ1) is 24.7. The average Bonchev–Trinajstić information content (AvgIpc) is 2.80. The third-order valence-corrected chi connectivity index (χ3v) is 5.19.